The molecule has 2 nitrogen and oxygen atoms in total. The number of hydrogen-bond donors (Lipinski definition) is 2. The van der Waals surface area contributed by atoms with E-state index in [1.165, 1.54) is 12.1 Å². The summed E-state index contributed by atoms with van der Waals surface area (Å²) >= 11 is 5.62. The lowest BCUT2D eigenvalue weighted by molar-refractivity contribution is 0.0762. The Hall–Kier alpha value is -1.16. The molecule has 76 valence electrons. The Morgan fingerprint density at radius 2 is 2.14 bits per heavy atom. The first kappa shape index (κ1) is 10.9. The van der Waals surface area contributed by atoms with Crippen molar-refractivity contribution in [3.63, 3.8) is 0 Å². The first-order chi connectivity index (χ1) is 6.42. The van der Waals surface area contributed by atoms with E-state index in [9.17, 15) is 8.78 Å². The van der Waals surface area contributed by atoms with Crippen LogP contribution in [-0.2, 0) is 6.42 Å². The lowest BCUT2D eigenvalue weighted by Gasteiger charge is -2.14. The van der Waals surface area contributed by atoms with Crippen LogP contribution in [0.4, 0.5) is 8.78 Å². The molecule has 1 aromatic rings. The van der Waals surface area contributed by atoms with Crippen LogP contribution in [0.2, 0.25) is 5.02 Å². The van der Waals surface area contributed by atoms with Crippen molar-refractivity contribution in [3.05, 3.63) is 34.9 Å². The predicted octanol–water partition coefficient (Wildman–Crippen LogP) is 2.45. The molecule has 14 heavy (non-hydrogen) atoms. The number of benzene rings is 1. The van der Waals surface area contributed by atoms with Crippen molar-refractivity contribution in [2.75, 3.05) is 0 Å². The molecule has 3 N–H and O–H groups in total. The van der Waals surface area contributed by atoms with Crippen LogP contribution in [-0.4, -0.2) is 11.8 Å². The van der Waals surface area contributed by atoms with Crippen LogP contribution >= 0.6 is 11.6 Å². The second-order valence-corrected chi connectivity index (χ2v) is 3.36. The smallest absolute Gasteiger partial charge is 0.307 e. The van der Waals surface area contributed by atoms with E-state index < -0.39 is 18.2 Å². The fourth-order valence-electron chi connectivity index (χ4n) is 0.999. The Morgan fingerprint density at radius 1 is 1.50 bits per heavy atom. The van der Waals surface area contributed by atoms with Gasteiger partial charge in [0.2, 0.25) is 0 Å². The van der Waals surface area contributed by atoms with Gasteiger partial charge in [0.1, 0.15) is 0 Å². The second kappa shape index (κ2) is 3.92. The van der Waals surface area contributed by atoms with E-state index in [0.29, 0.717) is 10.6 Å². The maximum atomic E-state index is 13.0. The van der Waals surface area contributed by atoms with Gasteiger partial charge in [-0.15, -0.1) is 0 Å². The minimum Gasteiger partial charge on any atom is -0.383 e. The molecule has 0 radical (unpaired) electrons. The monoisotopic (exact) mass is 218 g/mol. The van der Waals surface area contributed by atoms with Crippen LogP contribution in [0.1, 0.15) is 5.56 Å². The van der Waals surface area contributed by atoms with Crippen LogP contribution in [0.25, 0.3) is 0 Å². The molecule has 0 fully saturated rings. The molecule has 5 heteroatoms. The first-order valence-corrected chi connectivity index (χ1v) is 4.26. The summed E-state index contributed by atoms with van der Waals surface area (Å²) in [4.78, 5) is 0. The van der Waals surface area contributed by atoms with Crippen LogP contribution in [0.5, 0.6) is 0 Å². The predicted molar refractivity (Wildman–Crippen MR) is 52.0 cm³/mol. The number of nitrogens with two attached hydrogens (primary N) is 1. The number of rotatable bonds is 3. The van der Waals surface area contributed by atoms with Crippen molar-refractivity contribution in [2.24, 2.45) is 5.73 Å². The molecule has 0 atom stereocenters. The molecule has 0 spiro atoms. The zero-order chi connectivity index (χ0) is 10.8. The SMILES string of the molecule is N=C(N)C(F)(F)Cc1cccc(Cl)c1. The zero-order valence-corrected chi connectivity index (χ0v) is 7.98. The summed E-state index contributed by atoms with van der Waals surface area (Å²) in [7, 11) is 0. The second-order valence-electron chi connectivity index (χ2n) is 2.92. The molecule has 0 unspecified atom stereocenters. The molecule has 0 amide bonds. The Balaban J connectivity index is 2.83. The summed E-state index contributed by atoms with van der Waals surface area (Å²) in [6.45, 7) is 0. The van der Waals surface area contributed by atoms with Crippen LogP contribution in [0, 0.1) is 5.41 Å². The van der Waals surface area contributed by atoms with Crippen LogP contribution < -0.4 is 5.73 Å². The zero-order valence-electron chi connectivity index (χ0n) is 7.23. The van der Waals surface area contributed by atoms with Gasteiger partial charge in [0, 0.05) is 11.4 Å². The molecule has 0 aliphatic heterocycles. The minimum absolute atomic E-state index is 0.359. The third-order valence-electron chi connectivity index (χ3n) is 1.71. The standard InChI is InChI=1S/C9H9ClF2N2/c10-7-3-1-2-6(4-7)5-9(11,12)8(13)14/h1-4H,5H2,(H3,13,14). The van der Waals surface area contributed by atoms with Crippen molar-refractivity contribution >= 4 is 17.4 Å². The van der Waals surface area contributed by atoms with Gasteiger partial charge in [0.05, 0.1) is 0 Å². The highest BCUT2D eigenvalue weighted by Gasteiger charge is 2.33. The van der Waals surface area contributed by atoms with Crippen LogP contribution in [0.3, 0.4) is 0 Å². The average molecular weight is 219 g/mol. The van der Waals surface area contributed by atoms with Crippen molar-refractivity contribution < 1.29 is 8.78 Å². The molecule has 0 aromatic heterocycles. The molecule has 0 aliphatic rings. The third-order valence-corrected chi connectivity index (χ3v) is 1.94. The van der Waals surface area contributed by atoms with E-state index >= 15 is 0 Å². The van der Waals surface area contributed by atoms with Crippen LogP contribution in [0.15, 0.2) is 24.3 Å². The van der Waals surface area contributed by atoms with Gasteiger partial charge < -0.3 is 5.73 Å². The third kappa shape index (κ3) is 2.67. The minimum atomic E-state index is -3.30. The number of nitrogens with one attached hydrogen (secondary N) is 1. The molecule has 0 saturated carbocycles. The molecule has 1 rings (SSSR count). The van der Waals surface area contributed by atoms with E-state index in [0.717, 1.165) is 0 Å². The summed E-state index contributed by atoms with van der Waals surface area (Å²) in [5.74, 6) is -4.43. The van der Waals surface area contributed by atoms with E-state index in [1.54, 1.807) is 12.1 Å². The Kier molecular flexibility index (Phi) is 3.06. The van der Waals surface area contributed by atoms with Gasteiger partial charge in [-0.25, -0.2) is 0 Å². The highest BCUT2D eigenvalue weighted by atomic mass is 35.5. The highest BCUT2D eigenvalue weighted by Crippen LogP contribution is 2.21. The highest BCUT2D eigenvalue weighted by molar-refractivity contribution is 6.30. The quantitative estimate of drug-likeness (QED) is 0.594. The summed E-state index contributed by atoms with van der Waals surface area (Å²) in [6.07, 6.45) is -0.594. The number of alkyl halides is 2. The Bertz CT molecular complexity index is 352. The molecule has 1 aromatic carbocycles. The normalized spacial score (nSPS) is 11.4. The fourth-order valence-corrected chi connectivity index (χ4v) is 1.21. The molecule has 0 bridgehead atoms. The molecular weight excluding hydrogens is 210 g/mol. The van der Waals surface area contributed by atoms with Gasteiger partial charge in [-0.05, 0) is 17.7 Å². The largest absolute Gasteiger partial charge is 0.383 e. The van der Waals surface area contributed by atoms with Crippen molar-refractivity contribution in [3.8, 4) is 0 Å². The van der Waals surface area contributed by atoms with Crippen molar-refractivity contribution in [1.82, 2.24) is 0 Å². The Morgan fingerprint density at radius 3 is 2.64 bits per heavy atom. The number of halogens is 3. The van der Waals surface area contributed by atoms with Gasteiger partial charge in [-0.1, -0.05) is 23.7 Å². The maximum absolute atomic E-state index is 13.0. The van der Waals surface area contributed by atoms with E-state index in [-0.39, 0.29) is 0 Å². The molecule has 0 aliphatic carbocycles. The van der Waals surface area contributed by atoms with Gasteiger partial charge in [-0.2, -0.15) is 8.78 Å². The fraction of sp³-hybridized carbons (Fsp3) is 0.222. The molecular formula is C9H9ClF2N2. The van der Waals surface area contributed by atoms with Crippen molar-refractivity contribution in [1.29, 1.82) is 5.41 Å². The summed E-state index contributed by atoms with van der Waals surface area (Å²) in [6, 6.07) is 6.12. The van der Waals surface area contributed by atoms with Gasteiger partial charge in [-0.3, -0.25) is 5.41 Å². The first-order valence-electron chi connectivity index (χ1n) is 3.88. The van der Waals surface area contributed by atoms with E-state index in [2.05, 4.69) is 0 Å². The summed E-state index contributed by atoms with van der Waals surface area (Å²) in [5.41, 5.74) is 5.12. The molecule has 0 heterocycles. The average Bonchev–Trinajstić information content (AvgIpc) is 2.02. The van der Waals surface area contributed by atoms with Crippen molar-refractivity contribution in [2.45, 2.75) is 12.3 Å². The van der Waals surface area contributed by atoms with E-state index in [1.807, 2.05) is 0 Å². The maximum Gasteiger partial charge on any atom is 0.307 e. The lowest BCUT2D eigenvalue weighted by atomic mass is 10.1. The lowest BCUT2D eigenvalue weighted by Crippen LogP contribution is -2.36. The van der Waals surface area contributed by atoms with E-state index in [4.69, 9.17) is 22.7 Å². The Labute approximate surface area is 85.2 Å². The number of hydrogen-bond acceptors (Lipinski definition) is 1. The summed E-state index contributed by atoms with van der Waals surface area (Å²) in [5, 5.41) is 7.09. The summed E-state index contributed by atoms with van der Waals surface area (Å²) < 4.78 is 25.9. The van der Waals surface area contributed by atoms with Gasteiger partial charge in [0.15, 0.2) is 5.84 Å². The van der Waals surface area contributed by atoms with Gasteiger partial charge >= 0.3 is 5.92 Å². The number of amidine groups is 1. The topological polar surface area (TPSA) is 49.9 Å². The van der Waals surface area contributed by atoms with Gasteiger partial charge in [0.25, 0.3) is 0 Å². The molecule has 0 saturated heterocycles.